The lowest BCUT2D eigenvalue weighted by molar-refractivity contribution is -0.114. The molecule has 1 unspecified atom stereocenters. The monoisotopic (exact) mass is 289 g/mol. The summed E-state index contributed by atoms with van der Waals surface area (Å²) in [5.74, 6) is -0.320. The Morgan fingerprint density at radius 2 is 2.10 bits per heavy atom. The summed E-state index contributed by atoms with van der Waals surface area (Å²) < 4.78 is 1.51. The fraction of sp³-hybridized carbons (Fsp3) is 0.375. The van der Waals surface area contributed by atoms with E-state index in [1.165, 1.54) is 4.57 Å². The minimum Gasteiger partial charge on any atom is -0.374 e. The molecule has 1 amide bonds. The van der Waals surface area contributed by atoms with Crippen molar-refractivity contribution in [2.24, 2.45) is 18.7 Å². The highest BCUT2D eigenvalue weighted by Crippen LogP contribution is 2.17. The summed E-state index contributed by atoms with van der Waals surface area (Å²) in [5.41, 5.74) is 6.78. The lowest BCUT2D eigenvalue weighted by atomic mass is 9.95. The van der Waals surface area contributed by atoms with Gasteiger partial charge in [0.25, 0.3) is 5.56 Å². The number of nitrogens with one attached hydrogen (secondary N) is 1. The maximum absolute atomic E-state index is 12.1. The second kappa shape index (κ2) is 6.92. The molecule has 0 bridgehead atoms. The predicted molar refractivity (Wildman–Crippen MR) is 86.0 cm³/mol. The third-order valence-electron chi connectivity index (χ3n) is 3.31. The SMILES string of the molecule is C=C(C=C(C)C(Nc1cccn(C)c1=O)C(C)C)C(N)=O. The van der Waals surface area contributed by atoms with Crippen LogP contribution in [0.15, 0.2) is 46.9 Å². The number of pyridine rings is 1. The van der Waals surface area contributed by atoms with Crippen molar-refractivity contribution in [3.8, 4) is 0 Å². The number of nitrogens with zero attached hydrogens (tertiary/aromatic N) is 1. The number of amides is 1. The van der Waals surface area contributed by atoms with Crippen LogP contribution in [0.2, 0.25) is 0 Å². The molecular formula is C16H23N3O2. The van der Waals surface area contributed by atoms with Gasteiger partial charge in [-0.3, -0.25) is 9.59 Å². The van der Waals surface area contributed by atoms with Gasteiger partial charge in [0.1, 0.15) is 5.69 Å². The molecule has 0 aliphatic rings. The maximum atomic E-state index is 12.1. The molecule has 1 aromatic heterocycles. The van der Waals surface area contributed by atoms with Gasteiger partial charge >= 0.3 is 0 Å². The Balaban J connectivity index is 3.09. The van der Waals surface area contributed by atoms with Gasteiger partial charge in [-0.2, -0.15) is 0 Å². The van der Waals surface area contributed by atoms with Gasteiger partial charge in [-0.1, -0.05) is 26.0 Å². The van der Waals surface area contributed by atoms with Crippen LogP contribution < -0.4 is 16.6 Å². The molecule has 1 rings (SSSR count). The summed E-state index contributed by atoms with van der Waals surface area (Å²) >= 11 is 0. The zero-order valence-electron chi connectivity index (χ0n) is 13.0. The van der Waals surface area contributed by atoms with E-state index in [0.29, 0.717) is 5.69 Å². The van der Waals surface area contributed by atoms with Crippen LogP contribution in [0.5, 0.6) is 0 Å². The Bertz CT molecular complexity index is 627. The molecule has 0 aliphatic heterocycles. The molecule has 0 radical (unpaired) electrons. The first-order valence-corrected chi connectivity index (χ1v) is 6.83. The van der Waals surface area contributed by atoms with Crippen molar-refractivity contribution >= 4 is 11.6 Å². The summed E-state index contributed by atoms with van der Waals surface area (Å²) in [6.07, 6.45) is 3.36. The van der Waals surface area contributed by atoms with Crippen LogP contribution in [0, 0.1) is 5.92 Å². The highest BCUT2D eigenvalue weighted by Gasteiger charge is 2.17. The van der Waals surface area contributed by atoms with Crippen LogP contribution in [0.4, 0.5) is 5.69 Å². The summed E-state index contributed by atoms with van der Waals surface area (Å²) in [7, 11) is 1.70. The second-order valence-corrected chi connectivity index (χ2v) is 5.48. The third-order valence-corrected chi connectivity index (χ3v) is 3.31. The first-order chi connectivity index (χ1) is 9.73. The van der Waals surface area contributed by atoms with E-state index in [0.717, 1.165) is 5.57 Å². The molecule has 1 aromatic rings. The molecule has 3 N–H and O–H groups in total. The summed E-state index contributed by atoms with van der Waals surface area (Å²) in [6.45, 7) is 9.59. The number of carbonyl (C=O) groups is 1. The standard InChI is InChI=1S/C16H23N3O2/c1-10(2)14(11(3)9-12(4)15(17)20)18-13-7-6-8-19(5)16(13)21/h6-10,14,18H,4H2,1-3,5H3,(H2,17,20). The van der Waals surface area contributed by atoms with Gasteiger partial charge < -0.3 is 15.6 Å². The highest BCUT2D eigenvalue weighted by atomic mass is 16.1. The average molecular weight is 289 g/mol. The Kier molecular flexibility index (Phi) is 5.52. The van der Waals surface area contributed by atoms with Crippen molar-refractivity contribution in [1.29, 1.82) is 0 Å². The molecule has 114 valence electrons. The number of anilines is 1. The lowest BCUT2D eigenvalue weighted by Gasteiger charge is -2.24. The van der Waals surface area contributed by atoms with Crippen molar-refractivity contribution < 1.29 is 4.79 Å². The molecule has 0 aromatic carbocycles. The number of primary amides is 1. The van der Waals surface area contributed by atoms with Gasteiger partial charge in [0.2, 0.25) is 5.91 Å². The predicted octanol–water partition coefficient (Wildman–Crippen LogP) is 1.81. The molecule has 0 fully saturated rings. The summed E-state index contributed by atoms with van der Waals surface area (Å²) in [6, 6.07) is 3.47. The van der Waals surface area contributed by atoms with Crippen molar-refractivity contribution in [2.75, 3.05) is 5.32 Å². The van der Waals surface area contributed by atoms with Gasteiger partial charge in [-0.05, 0) is 31.1 Å². The fourth-order valence-electron chi connectivity index (χ4n) is 2.12. The Labute approximate surface area is 125 Å². The van der Waals surface area contributed by atoms with Crippen LogP contribution in [-0.4, -0.2) is 16.5 Å². The zero-order chi connectivity index (χ0) is 16.2. The zero-order valence-corrected chi connectivity index (χ0v) is 13.0. The molecule has 1 atom stereocenters. The molecule has 21 heavy (non-hydrogen) atoms. The van der Waals surface area contributed by atoms with Crippen molar-refractivity contribution in [3.05, 3.63) is 52.5 Å². The molecule has 1 heterocycles. The molecule has 0 spiro atoms. The van der Waals surface area contributed by atoms with E-state index in [1.807, 2.05) is 26.8 Å². The van der Waals surface area contributed by atoms with E-state index in [-0.39, 0.29) is 23.1 Å². The summed E-state index contributed by atoms with van der Waals surface area (Å²) in [4.78, 5) is 23.2. The van der Waals surface area contributed by atoms with Gasteiger partial charge in [-0.15, -0.1) is 0 Å². The van der Waals surface area contributed by atoms with Crippen LogP contribution in [0.3, 0.4) is 0 Å². The van der Waals surface area contributed by atoms with E-state index in [9.17, 15) is 9.59 Å². The molecular weight excluding hydrogens is 266 g/mol. The van der Waals surface area contributed by atoms with Crippen LogP contribution in [0.25, 0.3) is 0 Å². The van der Waals surface area contributed by atoms with Gasteiger partial charge in [0, 0.05) is 24.9 Å². The topological polar surface area (TPSA) is 77.1 Å². The van der Waals surface area contributed by atoms with Crippen molar-refractivity contribution in [1.82, 2.24) is 4.57 Å². The smallest absolute Gasteiger partial charge is 0.273 e. The number of hydrogen-bond donors (Lipinski definition) is 2. The number of carbonyl (C=O) groups excluding carboxylic acids is 1. The average Bonchev–Trinajstić information content (AvgIpc) is 2.39. The molecule has 0 aliphatic carbocycles. The van der Waals surface area contributed by atoms with Crippen LogP contribution in [-0.2, 0) is 11.8 Å². The highest BCUT2D eigenvalue weighted by molar-refractivity contribution is 5.94. The van der Waals surface area contributed by atoms with E-state index < -0.39 is 5.91 Å². The van der Waals surface area contributed by atoms with Gasteiger partial charge in [0.15, 0.2) is 0 Å². The molecule has 0 saturated carbocycles. The Morgan fingerprint density at radius 1 is 1.48 bits per heavy atom. The minimum absolute atomic E-state index is 0.0869. The van der Waals surface area contributed by atoms with Crippen molar-refractivity contribution in [3.63, 3.8) is 0 Å². The molecule has 5 nitrogen and oxygen atoms in total. The number of rotatable bonds is 6. The number of hydrogen-bond acceptors (Lipinski definition) is 3. The number of aromatic nitrogens is 1. The maximum Gasteiger partial charge on any atom is 0.273 e. The minimum atomic E-state index is -0.549. The number of aryl methyl sites for hydroxylation is 1. The largest absolute Gasteiger partial charge is 0.374 e. The first-order valence-electron chi connectivity index (χ1n) is 6.83. The van der Waals surface area contributed by atoms with Crippen LogP contribution >= 0.6 is 0 Å². The van der Waals surface area contributed by atoms with Gasteiger partial charge in [-0.25, -0.2) is 0 Å². The van der Waals surface area contributed by atoms with E-state index >= 15 is 0 Å². The lowest BCUT2D eigenvalue weighted by Crippen LogP contribution is -2.31. The van der Waals surface area contributed by atoms with Crippen LogP contribution in [0.1, 0.15) is 20.8 Å². The fourth-order valence-corrected chi connectivity index (χ4v) is 2.12. The Morgan fingerprint density at radius 3 is 2.62 bits per heavy atom. The van der Waals surface area contributed by atoms with E-state index in [2.05, 4.69) is 11.9 Å². The summed E-state index contributed by atoms with van der Waals surface area (Å²) in [5, 5.41) is 3.24. The normalized spacial score (nSPS) is 13.1. The number of nitrogens with two attached hydrogens (primary N) is 1. The van der Waals surface area contributed by atoms with Gasteiger partial charge in [0.05, 0.1) is 0 Å². The van der Waals surface area contributed by atoms with Crippen molar-refractivity contribution in [2.45, 2.75) is 26.8 Å². The quantitative estimate of drug-likeness (QED) is 0.619. The van der Waals surface area contributed by atoms with E-state index in [1.54, 1.807) is 25.4 Å². The Hall–Kier alpha value is -2.30. The van der Waals surface area contributed by atoms with E-state index in [4.69, 9.17) is 5.73 Å². The second-order valence-electron chi connectivity index (χ2n) is 5.48. The molecule has 0 saturated heterocycles. The first kappa shape index (κ1) is 16.8. The molecule has 5 heteroatoms. The third kappa shape index (κ3) is 4.34.